The summed E-state index contributed by atoms with van der Waals surface area (Å²) in [4.78, 5) is 12.5. The second-order valence-electron chi connectivity index (χ2n) is 7.02. The van der Waals surface area contributed by atoms with Crippen molar-refractivity contribution in [3.8, 4) is 0 Å². The Bertz CT molecular complexity index is 899. The Morgan fingerprint density at radius 3 is 2.15 bits per heavy atom. The van der Waals surface area contributed by atoms with Crippen molar-refractivity contribution in [1.82, 2.24) is 5.32 Å². The van der Waals surface area contributed by atoms with Gasteiger partial charge in [-0.3, -0.25) is 9.52 Å². The van der Waals surface area contributed by atoms with E-state index in [2.05, 4.69) is 17.0 Å². The van der Waals surface area contributed by atoms with Gasteiger partial charge in [-0.1, -0.05) is 37.6 Å². The minimum absolute atomic E-state index is 0.0468. The first-order valence-corrected chi connectivity index (χ1v) is 10.9. The lowest BCUT2D eigenvalue weighted by Crippen LogP contribution is -2.34. The Kier molecular flexibility index (Phi) is 5.56. The van der Waals surface area contributed by atoms with Crippen LogP contribution in [0.1, 0.15) is 44.2 Å². The van der Waals surface area contributed by atoms with Crippen molar-refractivity contribution >= 4 is 21.6 Å². The molecule has 2 N–H and O–H groups in total. The molecule has 0 saturated heterocycles. The maximum absolute atomic E-state index is 12.6. The van der Waals surface area contributed by atoms with Crippen LogP contribution >= 0.6 is 0 Å². The lowest BCUT2D eigenvalue weighted by Gasteiger charge is -2.16. The van der Waals surface area contributed by atoms with Crippen LogP contribution in [0, 0.1) is 0 Å². The molecular formula is C21H26N2O3S. The standard InChI is InChI=1S/C21H26N2O3S/c1-3-5-16-6-12-19(13-7-16)27(25,26)23-18-10-8-17(9-11-18)21(14-15-21)20(24)22-4-2/h6-13,23H,3-5,14-15H2,1-2H3,(H,22,24). The molecule has 0 spiro atoms. The van der Waals surface area contributed by atoms with E-state index in [0.29, 0.717) is 12.2 Å². The Balaban J connectivity index is 1.73. The number of nitrogens with one attached hydrogen (secondary N) is 2. The molecule has 1 fully saturated rings. The summed E-state index contributed by atoms with van der Waals surface area (Å²) in [6.45, 7) is 4.60. The molecule has 3 rings (SSSR count). The van der Waals surface area contributed by atoms with Gasteiger partial charge < -0.3 is 5.32 Å². The summed E-state index contributed by atoms with van der Waals surface area (Å²) in [5.74, 6) is 0.0468. The van der Waals surface area contributed by atoms with E-state index in [1.807, 2.05) is 31.2 Å². The van der Waals surface area contributed by atoms with Crippen LogP contribution in [0.25, 0.3) is 0 Å². The molecule has 6 heteroatoms. The van der Waals surface area contributed by atoms with Gasteiger partial charge >= 0.3 is 0 Å². The number of benzene rings is 2. The minimum atomic E-state index is -3.63. The molecule has 2 aromatic rings. The highest BCUT2D eigenvalue weighted by atomic mass is 32.2. The summed E-state index contributed by atoms with van der Waals surface area (Å²) in [5, 5.41) is 2.88. The van der Waals surface area contributed by atoms with Gasteiger partial charge in [-0.15, -0.1) is 0 Å². The number of hydrogen-bond donors (Lipinski definition) is 2. The first-order valence-electron chi connectivity index (χ1n) is 9.42. The molecule has 0 bridgehead atoms. The third-order valence-corrected chi connectivity index (χ3v) is 6.38. The molecule has 1 saturated carbocycles. The van der Waals surface area contributed by atoms with Gasteiger partial charge in [0.05, 0.1) is 10.3 Å². The Hall–Kier alpha value is -2.34. The van der Waals surface area contributed by atoms with Gasteiger partial charge in [-0.25, -0.2) is 8.42 Å². The molecule has 0 atom stereocenters. The van der Waals surface area contributed by atoms with Crippen LogP contribution in [0.5, 0.6) is 0 Å². The van der Waals surface area contributed by atoms with Gasteiger partial charge in [-0.2, -0.15) is 0 Å². The van der Waals surface area contributed by atoms with Crippen LogP contribution < -0.4 is 10.0 Å². The van der Waals surface area contributed by atoms with E-state index in [4.69, 9.17) is 0 Å². The third-order valence-electron chi connectivity index (χ3n) is 4.98. The fourth-order valence-corrected chi connectivity index (χ4v) is 4.36. The largest absolute Gasteiger partial charge is 0.356 e. The SMILES string of the molecule is CCCc1ccc(S(=O)(=O)Nc2ccc(C3(C(=O)NCC)CC3)cc2)cc1. The highest BCUT2D eigenvalue weighted by Gasteiger charge is 2.50. The van der Waals surface area contributed by atoms with Crippen LogP contribution in [-0.2, 0) is 26.7 Å². The lowest BCUT2D eigenvalue weighted by molar-refractivity contribution is -0.123. The second kappa shape index (κ2) is 7.72. The summed E-state index contributed by atoms with van der Waals surface area (Å²) in [6.07, 6.45) is 3.61. The van der Waals surface area contributed by atoms with Crippen LogP contribution in [0.3, 0.4) is 0 Å². The monoisotopic (exact) mass is 386 g/mol. The van der Waals surface area contributed by atoms with E-state index in [1.54, 1.807) is 24.3 Å². The van der Waals surface area contributed by atoms with E-state index in [1.165, 1.54) is 0 Å². The summed E-state index contributed by atoms with van der Waals surface area (Å²) in [5.41, 5.74) is 2.10. The van der Waals surface area contributed by atoms with E-state index in [9.17, 15) is 13.2 Å². The molecule has 5 nitrogen and oxygen atoms in total. The zero-order valence-corrected chi connectivity index (χ0v) is 16.6. The summed E-state index contributed by atoms with van der Waals surface area (Å²) in [7, 11) is -3.63. The Morgan fingerprint density at radius 1 is 1.00 bits per heavy atom. The van der Waals surface area contributed by atoms with E-state index >= 15 is 0 Å². The highest BCUT2D eigenvalue weighted by molar-refractivity contribution is 7.92. The normalized spacial score (nSPS) is 15.2. The number of carbonyl (C=O) groups excluding carboxylic acids is 1. The number of rotatable bonds is 8. The molecule has 1 amide bonds. The quantitative estimate of drug-likeness (QED) is 0.728. The third kappa shape index (κ3) is 4.16. The van der Waals surface area contributed by atoms with E-state index in [-0.39, 0.29) is 10.8 Å². The zero-order chi connectivity index (χ0) is 19.5. The van der Waals surface area contributed by atoms with Gasteiger partial charge in [0.15, 0.2) is 0 Å². The molecule has 2 aromatic carbocycles. The van der Waals surface area contributed by atoms with Gasteiger partial charge in [-0.05, 0) is 61.6 Å². The van der Waals surface area contributed by atoms with Crippen LogP contribution in [0.2, 0.25) is 0 Å². The minimum Gasteiger partial charge on any atom is -0.356 e. The maximum atomic E-state index is 12.6. The number of carbonyl (C=O) groups is 1. The fraction of sp³-hybridized carbons (Fsp3) is 0.381. The van der Waals surface area contributed by atoms with Gasteiger partial charge in [0.1, 0.15) is 0 Å². The van der Waals surface area contributed by atoms with Crippen molar-refractivity contribution in [2.75, 3.05) is 11.3 Å². The van der Waals surface area contributed by atoms with Crippen LogP contribution in [0.4, 0.5) is 5.69 Å². The predicted molar refractivity (Wildman–Crippen MR) is 107 cm³/mol. The Morgan fingerprint density at radius 2 is 1.63 bits per heavy atom. The maximum Gasteiger partial charge on any atom is 0.261 e. The molecule has 0 radical (unpaired) electrons. The van der Waals surface area contributed by atoms with Crippen molar-refractivity contribution < 1.29 is 13.2 Å². The van der Waals surface area contributed by atoms with Crippen LogP contribution in [0.15, 0.2) is 53.4 Å². The van der Waals surface area contributed by atoms with Crippen molar-refractivity contribution in [3.05, 3.63) is 59.7 Å². The summed E-state index contributed by atoms with van der Waals surface area (Å²) in [6, 6.07) is 14.1. The topological polar surface area (TPSA) is 75.3 Å². The van der Waals surface area contributed by atoms with Crippen LogP contribution in [-0.4, -0.2) is 20.9 Å². The fourth-order valence-electron chi connectivity index (χ4n) is 3.30. The van der Waals surface area contributed by atoms with Crippen molar-refractivity contribution in [2.24, 2.45) is 0 Å². The molecule has 144 valence electrons. The van der Waals surface area contributed by atoms with E-state index < -0.39 is 15.4 Å². The van der Waals surface area contributed by atoms with Crippen molar-refractivity contribution in [3.63, 3.8) is 0 Å². The zero-order valence-electron chi connectivity index (χ0n) is 15.8. The number of likely N-dealkylation sites (N-methyl/N-ethyl adjacent to an activating group) is 1. The summed E-state index contributed by atoms with van der Waals surface area (Å²) >= 11 is 0. The van der Waals surface area contributed by atoms with Crippen molar-refractivity contribution in [2.45, 2.75) is 49.8 Å². The first kappa shape index (κ1) is 19.4. The number of amides is 1. The average Bonchev–Trinajstić information content (AvgIpc) is 3.45. The molecule has 0 heterocycles. The van der Waals surface area contributed by atoms with E-state index in [0.717, 1.165) is 36.8 Å². The highest BCUT2D eigenvalue weighted by Crippen LogP contribution is 2.48. The van der Waals surface area contributed by atoms with Crippen molar-refractivity contribution in [1.29, 1.82) is 0 Å². The predicted octanol–water partition coefficient (Wildman–Crippen LogP) is 3.61. The molecule has 0 unspecified atom stereocenters. The second-order valence-corrected chi connectivity index (χ2v) is 8.70. The number of aryl methyl sites for hydroxylation is 1. The van der Waals surface area contributed by atoms with Gasteiger partial charge in [0, 0.05) is 12.2 Å². The molecule has 27 heavy (non-hydrogen) atoms. The number of anilines is 1. The Labute approximate surface area is 161 Å². The molecule has 0 aromatic heterocycles. The average molecular weight is 387 g/mol. The van der Waals surface area contributed by atoms with Gasteiger partial charge in [0.2, 0.25) is 5.91 Å². The molecule has 1 aliphatic carbocycles. The number of sulfonamides is 1. The number of hydrogen-bond acceptors (Lipinski definition) is 3. The summed E-state index contributed by atoms with van der Waals surface area (Å²) < 4.78 is 27.8. The molecular weight excluding hydrogens is 360 g/mol. The molecule has 1 aliphatic rings. The molecule has 0 aliphatic heterocycles. The smallest absolute Gasteiger partial charge is 0.261 e. The first-order chi connectivity index (χ1) is 12.9. The van der Waals surface area contributed by atoms with Gasteiger partial charge in [0.25, 0.3) is 10.0 Å². The lowest BCUT2D eigenvalue weighted by atomic mass is 9.95.